The van der Waals surface area contributed by atoms with Crippen molar-refractivity contribution in [2.45, 2.75) is 11.9 Å². The Hall–Kier alpha value is -1.05. The molecule has 19 heavy (non-hydrogen) atoms. The molecular formula is C11H11BrClN3O2S. The van der Waals surface area contributed by atoms with Crippen LogP contribution in [0, 0.1) is 6.92 Å². The van der Waals surface area contributed by atoms with Crippen LogP contribution in [0.2, 0.25) is 5.02 Å². The second kappa shape index (κ2) is 5.15. The summed E-state index contributed by atoms with van der Waals surface area (Å²) in [6, 6.07) is 4.80. The Balaban J connectivity index is 2.36. The van der Waals surface area contributed by atoms with Crippen molar-refractivity contribution in [2.75, 3.05) is 4.72 Å². The number of benzene rings is 1. The highest BCUT2D eigenvalue weighted by Crippen LogP contribution is 2.27. The molecule has 0 fully saturated rings. The van der Waals surface area contributed by atoms with Gasteiger partial charge in [0, 0.05) is 22.7 Å². The number of nitrogens with one attached hydrogen (secondary N) is 1. The van der Waals surface area contributed by atoms with Crippen molar-refractivity contribution in [3.63, 3.8) is 0 Å². The molecule has 1 N–H and O–H groups in total. The monoisotopic (exact) mass is 363 g/mol. The third kappa shape index (κ3) is 3.10. The number of anilines is 1. The summed E-state index contributed by atoms with van der Waals surface area (Å²) < 4.78 is 29.0. The Kier molecular flexibility index (Phi) is 3.89. The number of aryl methyl sites for hydroxylation is 2. The van der Waals surface area contributed by atoms with E-state index in [1.165, 1.54) is 6.20 Å². The first-order chi connectivity index (χ1) is 8.79. The topological polar surface area (TPSA) is 64.0 Å². The van der Waals surface area contributed by atoms with E-state index in [1.54, 1.807) is 36.7 Å². The number of aromatic nitrogens is 2. The molecule has 5 nitrogen and oxygen atoms in total. The number of sulfonamides is 1. The van der Waals surface area contributed by atoms with Gasteiger partial charge in [-0.1, -0.05) is 11.6 Å². The third-order valence-electron chi connectivity index (χ3n) is 2.54. The van der Waals surface area contributed by atoms with Crippen LogP contribution in [0.15, 0.2) is 33.9 Å². The van der Waals surface area contributed by atoms with Crippen LogP contribution in [-0.2, 0) is 17.1 Å². The first-order valence-corrected chi connectivity index (χ1v) is 7.93. The van der Waals surface area contributed by atoms with Gasteiger partial charge in [0.15, 0.2) is 5.03 Å². The summed E-state index contributed by atoms with van der Waals surface area (Å²) >= 11 is 9.06. The van der Waals surface area contributed by atoms with Crippen molar-refractivity contribution in [1.82, 2.24) is 9.55 Å². The molecule has 0 radical (unpaired) electrons. The van der Waals surface area contributed by atoms with Crippen LogP contribution in [0.4, 0.5) is 5.69 Å². The zero-order valence-electron chi connectivity index (χ0n) is 10.2. The molecule has 2 aromatic rings. The summed E-state index contributed by atoms with van der Waals surface area (Å²) in [5.41, 5.74) is 0.410. The molecule has 0 aliphatic rings. The van der Waals surface area contributed by atoms with Crippen LogP contribution in [-0.4, -0.2) is 18.0 Å². The lowest BCUT2D eigenvalue weighted by Gasteiger charge is -2.07. The maximum absolute atomic E-state index is 12.2. The summed E-state index contributed by atoms with van der Waals surface area (Å²) in [5.74, 6) is 0.621. The molecule has 0 unspecified atom stereocenters. The predicted molar refractivity (Wildman–Crippen MR) is 77.9 cm³/mol. The molecule has 1 aromatic heterocycles. The van der Waals surface area contributed by atoms with Crippen molar-refractivity contribution < 1.29 is 8.42 Å². The highest BCUT2D eigenvalue weighted by Gasteiger charge is 2.19. The second-order valence-electron chi connectivity index (χ2n) is 3.97. The van der Waals surface area contributed by atoms with Gasteiger partial charge >= 0.3 is 0 Å². The van der Waals surface area contributed by atoms with E-state index in [1.807, 2.05) is 0 Å². The van der Waals surface area contributed by atoms with Crippen LogP contribution in [0.1, 0.15) is 5.82 Å². The minimum atomic E-state index is -3.71. The molecule has 0 aliphatic carbocycles. The first kappa shape index (κ1) is 14.4. The summed E-state index contributed by atoms with van der Waals surface area (Å²) in [6.07, 6.45) is 1.46. The van der Waals surface area contributed by atoms with Crippen molar-refractivity contribution in [2.24, 2.45) is 7.05 Å². The van der Waals surface area contributed by atoms with E-state index in [0.717, 1.165) is 0 Å². The summed E-state index contributed by atoms with van der Waals surface area (Å²) in [7, 11) is -1.97. The number of nitrogens with zero attached hydrogens (tertiary/aromatic N) is 2. The highest BCUT2D eigenvalue weighted by atomic mass is 79.9. The molecule has 0 amide bonds. The lowest BCUT2D eigenvalue weighted by molar-refractivity contribution is 0.598. The molecule has 0 bridgehead atoms. The van der Waals surface area contributed by atoms with Crippen LogP contribution < -0.4 is 4.72 Å². The Morgan fingerprint density at radius 2 is 2.11 bits per heavy atom. The van der Waals surface area contributed by atoms with Gasteiger partial charge in [-0.3, -0.25) is 4.72 Å². The van der Waals surface area contributed by atoms with Gasteiger partial charge in [-0.05, 0) is 41.1 Å². The van der Waals surface area contributed by atoms with E-state index < -0.39 is 10.0 Å². The number of halogens is 2. The Labute approximate surface area is 124 Å². The SMILES string of the molecule is Cc1nc(S(=O)(=O)Nc2ccc(Cl)cc2Br)cn1C. The van der Waals surface area contributed by atoms with E-state index >= 15 is 0 Å². The molecule has 102 valence electrons. The van der Waals surface area contributed by atoms with Crippen LogP contribution in [0.5, 0.6) is 0 Å². The smallest absolute Gasteiger partial charge is 0.280 e. The largest absolute Gasteiger partial charge is 0.337 e. The van der Waals surface area contributed by atoms with Crippen LogP contribution >= 0.6 is 27.5 Å². The molecule has 0 saturated carbocycles. The molecule has 1 aromatic carbocycles. The zero-order chi connectivity index (χ0) is 14.2. The fraction of sp³-hybridized carbons (Fsp3) is 0.182. The quantitative estimate of drug-likeness (QED) is 0.910. The molecule has 0 saturated heterocycles. The fourth-order valence-electron chi connectivity index (χ4n) is 1.43. The van der Waals surface area contributed by atoms with E-state index in [9.17, 15) is 8.42 Å². The van der Waals surface area contributed by atoms with E-state index in [4.69, 9.17) is 11.6 Å². The van der Waals surface area contributed by atoms with Gasteiger partial charge in [-0.25, -0.2) is 4.98 Å². The van der Waals surface area contributed by atoms with Gasteiger partial charge in [0.1, 0.15) is 5.82 Å². The lowest BCUT2D eigenvalue weighted by atomic mass is 10.3. The predicted octanol–water partition coefficient (Wildman–Crippen LogP) is 2.95. The third-order valence-corrected chi connectivity index (χ3v) is 4.66. The molecule has 1 heterocycles. The van der Waals surface area contributed by atoms with Gasteiger partial charge in [0.2, 0.25) is 0 Å². The molecule has 2 rings (SSSR count). The normalized spacial score (nSPS) is 11.6. The second-order valence-corrected chi connectivity index (χ2v) is 6.89. The average molecular weight is 365 g/mol. The van der Waals surface area contributed by atoms with Crippen molar-refractivity contribution in [3.05, 3.63) is 39.7 Å². The molecule has 0 spiro atoms. The molecule has 8 heteroatoms. The Morgan fingerprint density at radius 3 is 2.63 bits per heavy atom. The summed E-state index contributed by atoms with van der Waals surface area (Å²) in [6.45, 7) is 1.73. The van der Waals surface area contributed by atoms with Gasteiger partial charge in [0.05, 0.1) is 5.69 Å². The maximum Gasteiger partial charge on any atom is 0.280 e. The van der Waals surface area contributed by atoms with Crippen LogP contribution in [0.25, 0.3) is 0 Å². The first-order valence-electron chi connectivity index (χ1n) is 5.27. The van der Waals surface area contributed by atoms with Gasteiger partial charge in [-0.15, -0.1) is 0 Å². The zero-order valence-corrected chi connectivity index (χ0v) is 13.3. The van der Waals surface area contributed by atoms with Crippen molar-refractivity contribution in [3.8, 4) is 0 Å². The number of imidazole rings is 1. The van der Waals surface area contributed by atoms with Crippen LogP contribution in [0.3, 0.4) is 0 Å². The minimum absolute atomic E-state index is 0.0191. The van der Waals surface area contributed by atoms with Gasteiger partial charge in [-0.2, -0.15) is 8.42 Å². The van der Waals surface area contributed by atoms with Gasteiger partial charge in [0.25, 0.3) is 10.0 Å². The lowest BCUT2D eigenvalue weighted by Crippen LogP contribution is -2.13. The maximum atomic E-state index is 12.2. The molecular weight excluding hydrogens is 354 g/mol. The van der Waals surface area contributed by atoms with E-state index in [2.05, 4.69) is 25.6 Å². The number of hydrogen-bond acceptors (Lipinski definition) is 3. The fourth-order valence-corrected chi connectivity index (χ4v) is 3.46. The van der Waals surface area contributed by atoms with Crippen molar-refractivity contribution >= 4 is 43.2 Å². The Morgan fingerprint density at radius 1 is 1.42 bits per heavy atom. The molecule has 0 atom stereocenters. The van der Waals surface area contributed by atoms with Gasteiger partial charge < -0.3 is 4.57 Å². The average Bonchev–Trinajstić information content (AvgIpc) is 2.64. The number of rotatable bonds is 3. The van der Waals surface area contributed by atoms with E-state index in [-0.39, 0.29) is 5.03 Å². The molecule has 0 aliphatic heterocycles. The Bertz CT molecular complexity index is 708. The number of hydrogen-bond donors (Lipinski definition) is 1. The highest BCUT2D eigenvalue weighted by molar-refractivity contribution is 9.10. The minimum Gasteiger partial charge on any atom is -0.337 e. The summed E-state index contributed by atoms with van der Waals surface area (Å²) in [5, 5.41) is 0.498. The van der Waals surface area contributed by atoms with E-state index in [0.29, 0.717) is 21.0 Å². The standard InChI is InChI=1S/C11H11BrClN3O2S/c1-7-14-11(6-16(7)2)19(17,18)15-10-4-3-8(13)5-9(10)12/h3-6,15H,1-2H3. The summed E-state index contributed by atoms with van der Waals surface area (Å²) in [4.78, 5) is 4.00. The van der Waals surface area contributed by atoms with Crippen molar-refractivity contribution in [1.29, 1.82) is 0 Å².